The zero-order valence-corrected chi connectivity index (χ0v) is 17.7. The number of pyridine rings is 1. The van der Waals surface area contributed by atoms with Gasteiger partial charge in [-0.3, -0.25) is 9.36 Å². The van der Waals surface area contributed by atoms with Gasteiger partial charge in [-0.1, -0.05) is 23.4 Å². The van der Waals surface area contributed by atoms with Gasteiger partial charge in [0.05, 0.1) is 16.7 Å². The third-order valence-corrected chi connectivity index (χ3v) is 5.19. The van der Waals surface area contributed by atoms with Gasteiger partial charge in [0, 0.05) is 12.7 Å². The lowest BCUT2D eigenvalue weighted by Crippen LogP contribution is -2.27. The van der Waals surface area contributed by atoms with Gasteiger partial charge in [0.2, 0.25) is 0 Å². The highest BCUT2D eigenvalue weighted by molar-refractivity contribution is 5.93. The van der Waals surface area contributed by atoms with Crippen molar-refractivity contribution in [2.24, 2.45) is 0 Å². The van der Waals surface area contributed by atoms with Crippen molar-refractivity contribution in [3.05, 3.63) is 96.0 Å². The lowest BCUT2D eigenvalue weighted by atomic mass is 10.2. The number of amides is 1. The Morgan fingerprint density at radius 2 is 1.74 bits per heavy atom. The summed E-state index contributed by atoms with van der Waals surface area (Å²) in [7, 11) is 0. The molecule has 0 atom stereocenters. The summed E-state index contributed by atoms with van der Waals surface area (Å²) in [6.07, 6.45) is -1.79. The number of hydrogen-bond donors (Lipinski definition) is 1. The molecule has 0 unspecified atom stereocenters. The first-order valence-electron chi connectivity index (χ1n) is 10.3. The SMILES string of the molecule is O=C(NCc1ccc(-n2cnc3ccccc32)nc1)c1nnn(-c2ccc(F)cc2)c1C(F)(F)F. The maximum atomic E-state index is 13.7. The average Bonchev–Trinajstić information content (AvgIpc) is 3.48. The summed E-state index contributed by atoms with van der Waals surface area (Å²) in [5.41, 5.74) is -0.105. The fraction of sp³-hybridized carbons (Fsp3) is 0.0870. The highest BCUT2D eigenvalue weighted by Gasteiger charge is 2.42. The molecule has 2 aromatic carbocycles. The van der Waals surface area contributed by atoms with E-state index >= 15 is 0 Å². The lowest BCUT2D eigenvalue weighted by Gasteiger charge is -2.11. The minimum Gasteiger partial charge on any atom is -0.346 e. The number of alkyl halides is 3. The number of imidazole rings is 1. The Kier molecular flexibility index (Phi) is 5.47. The molecule has 1 amide bonds. The van der Waals surface area contributed by atoms with Crippen LogP contribution in [0.5, 0.6) is 0 Å². The van der Waals surface area contributed by atoms with E-state index < -0.39 is 29.3 Å². The van der Waals surface area contributed by atoms with Crippen LogP contribution < -0.4 is 5.32 Å². The number of carbonyl (C=O) groups is 1. The molecule has 0 fully saturated rings. The van der Waals surface area contributed by atoms with Crippen LogP contribution in [0, 0.1) is 5.82 Å². The molecule has 3 heterocycles. The number of benzene rings is 2. The number of nitrogens with one attached hydrogen (secondary N) is 1. The third-order valence-electron chi connectivity index (χ3n) is 5.19. The number of hydrogen-bond acceptors (Lipinski definition) is 5. The third kappa shape index (κ3) is 4.33. The largest absolute Gasteiger partial charge is 0.435 e. The van der Waals surface area contributed by atoms with Gasteiger partial charge in [0.15, 0.2) is 11.4 Å². The van der Waals surface area contributed by atoms with E-state index in [1.165, 1.54) is 6.20 Å². The number of fused-ring (bicyclic) bond motifs is 1. The van der Waals surface area contributed by atoms with E-state index in [0.29, 0.717) is 16.1 Å². The zero-order valence-electron chi connectivity index (χ0n) is 17.7. The second kappa shape index (κ2) is 8.63. The molecule has 3 aromatic heterocycles. The van der Waals surface area contributed by atoms with Crippen molar-refractivity contribution in [3.63, 3.8) is 0 Å². The molecule has 8 nitrogen and oxygen atoms in total. The second-order valence-corrected chi connectivity index (χ2v) is 7.48. The first-order chi connectivity index (χ1) is 16.8. The van der Waals surface area contributed by atoms with Gasteiger partial charge in [-0.25, -0.2) is 19.0 Å². The maximum absolute atomic E-state index is 13.7. The quantitative estimate of drug-likeness (QED) is 0.382. The van der Waals surface area contributed by atoms with Crippen LogP contribution in [-0.2, 0) is 12.7 Å². The highest BCUT2D eigenvalue weighted by Crippen LogP contribution is 2.32. The molecule has 0 aliphatic carbocycles. The van der Waals surface area contributed by atoms with Crippen molar-refractivity contribution in [2.45, 2.75) is 12.7 Å². The molecule has 5 aromatic rings. The number of carbonyl (C=O) groups excluding carboxylic acids is 1. The number of para-hydroxylation sites is 2. The van der Waals surface area contributed by atoms with Gasteiger partial charge in [0.1, 0.15) is 18.0 Å². The van der Waals surface area contributed by atoms with Crippen LogP contribution in [0.25, 0.3) is 22.5 Å². The van der Waals surface area contributed by atoms with E-state index in [1.807, 2.05) is 24.3 Å². The van der Waals surface area contributed by atoms with Crippen LogP contribution in [0.3, 0.4) is 0 Å². The van der Waals surface area contributed by atoms with Crippen LogP contribution >= 0.6 is 0 Å². The summed E-state index contributed by atoms with van der Waals surface area (Å²) >= 11 is 0. The Bertz CT molecular complexity index is 1510. The normalized spacial score (nSPS) is 11.7. The van der Waals surface area contributed by atoms with Crippen molar-refractivity contribution >= 4 is 16.9 Å². The molecule has 35 heavy (non-hydrogen) atoms. The zero-order chi connectivity index (χ0) is 24.6. The Hall–Kier alpha value is -4.61. The molecule has 12 heteroatoms. The monoisotopic (exact) mass is 481 g/mol. The van der Waals surface area contributed by atoms with Crippen LogP contribution in [0.2, 0.25) is 0 Å². The lowest BCUT2D eigenvalue weighted by molar-refractivity contribution is -0.143. The topological polar surface area (TPSA) is 90.5 Å². The summed E-state index contributed by atoms with van der Waals surface area (Å²) in [4.78, 5) is 21.2. The summed E-state index contributed by atoms with van der Waals surface area (Å²) < 4.78 is 56.7. The van der Waals surface area contributed by atoms with Gasteiger partial charge < -0.3 is 5.32 Å². The minimum atomic E-state index is -4.93. The predicted molar refractivity (Wildman–Crippen MR) is 116 cm³/mol. The van der Waals surface area contributed by atoms with E-state index in [9.17, 15) is 22.4 Å². The Balaban J connectivity index is 1.34. The summed E-state index contributed by atoms with van der Waals surface area (Å²) in [6, 6.07) is 15.1. The van der Waals surface area contributed by atoms with Crippen LogP contribution in [-0.4, -0.2) is 35.4 Å². The van der Waals surface area contributed by atoms with Gasteiger partial charge in [0.25, 0.3) is 5.91 Å². The number of halogens is 4. The Labute approximate surface area is 194 Å². The first kappa shape index (κ1) is 22.2. The van der Waals surface area contributed by atoms with Gasteiger partial charge >= 0.3 is 6.18 Å². The minimum absolute atomic E-state index is 0.0858. The molecule has 0 aliphatic heterocycles. The molecule has 1 N–H and O–H groups in total. The van der Waals surface area contributed by atoms with E-state index in [0.717, 1.165) is 35.3 Å². The van der Waals surface area contributed by atoms with Crippen molar-refractivity contribution < 1.29 is 22.4 Å². The molecule has 0 saturated heterocycles. The van der Waals surface area contributed by atoms with Crippen molar-refractivity contribution in [3.8, 4) is 11.5 Å². The summed E-state index contributed by atoms with van der Waals surface area (Å²) in [6.45, 7) is -0.0858. The van der Waals surface area contributed by atoms with Crippen LogP contribution in [0.1, 0.15) is 21.7 Å². The predicted octanol–water partition coefficient (Wildman–Crippen LogP) is 4.09. The van der Waals surface area contributed by atoms with Crippen LogP contribution in [0.15, 0.2) is 73.2 Å². The molecule has 0 saturated carbocycles. The molecule has 0 radical (unpaired) electrons. The van der Waals surface area contributed by atoms with Crippen molar-refractivity contribution in [2.75, 3.05) is 0 Å². The molecule has 0 spiro atoms. The van der Waals surface area contributed by atoms with Gasteiger partial charge in [-0.15, -0.1) is 5.10 Å². The van der Waals surface area contributed by atoms with E-state index in [-0.39, 0.29) is 12.2 Å². The molecule has 176 valence electrons. The fourth-order valence-electron chi connectivity index (χ4n) is 3.52. The smallest absolute Gasteiger partial charge is 0.346 e. The van der Waals surface area contributed by atoms with Crippen molar-refractivity contribution in [1.82, 2.24) is 34.8 Å². The second-order valence-electron chi connectivity index (χ2n) is 7.48. The van der Waals surface area contributed by atoms with E-state index in [2.05, 4.69) is 25.6 Å². The maximum Gasteiger partial charge on any atom is 0.435 e. The highest BCUT2D eigenvalue weighted by atomic mass is 19.4. The Morgan fingerprint density at radius 3 is 2.46 bits per heavy atom. The molecular weight excluding hydrogens is 466 g/mol. The number of nitrogens with zero attached hydrogens (tertiary/aromatic N) is 6. The first-order valence-corrected chi connectivity index (χ1v) is 10.3. The average molecular weight is 481 g/mol. The summed E-state index contributed by atoms with van der Waals surface area (Å²) in [5, 5.41) is 9.31. The van der Waals surface area contributed by atoms with Gasteiger partial charge in [-0.05, 0) is 48.0 Å². The number of aromatic nitrogens is 6. The molecular formula is C23H15F4N7O. The molecule has 0 aliphatic rings. The Morgan fingerprint density at radius 1 is 0.971 bits per heavy atom. The standard InChI is InChI=1S/C23H15F4N7O/c24-15-6-8-16(9-7-15)34-21(23(25,26)27)20(31-32-34)22(35)29-12-14-5-10-19(28-11-14)33-13-30-17-3-1-2-4-18(17)33/h1-11,13H,12H2,(H,29,35). The molecule has 0 bridgehead atoms. The van der Waals surface area contributed by atoms with E-state index in [1.54, 1.807) is 23.0 Å². The molecule has 5 rings (SSSR count). The van der Waals surface area contributed by atoms with Crippen LogP contribution in [0.4, 0.5) is 17.6 Å². The van der Waals surface area contributed by atoms with Crippen molar-refractivity contribution in [1.29, 1.82) is 0 Å². The fourth-order valence-corrected chi connectivity index (χ4v) is 3.52. The van der Waals surface area contributed by atoms with E-state index in [4.69, 9.17) is 0 Å². The summed E-state index contributed by atoms with van der Waals surface area (Å²) in [5.74, 6) is -1.09. The number of rotatable bonds is 5. The van der Waals surface area contributed by atoms with Gasteiger partial charge in [-0.2, -0.15) is 13.2 Å².